The van der Waals surface area contributed by atoms with Crippen LogP contribution in [0.25, 0.3) is 209 Å². The molecule has 0 atom stereocenters. The van der Waals surface area contributed by atoms with Crippen LogP contribution >= 0.6 is 0 Å². The van der Waals surface area contributed by atoms with Crippen molar-refractivity contribution in [1.82, 2.24) is 42.9 Å². The standard InChI is InChI=1S/C84H44N10/c85-44-64-61-41-51(45-86-83(61)90-84(89-64)94-70-38-33-46-16-4-5-19-53(46)73(70)78-72(94)43-60-56-21-7-13-27-66(56)93-68-29-15-9-23-58(68)76(78)82(60)93)49-32-37-54-50(40-49)34-39-69-74(54)77-71(42-59-55-20-6-12-26-65(55)92-67-28-14-8-22-57(67)75(77)81(59)92)91(69)52-35-30-48(31-36-52)80-79(47-17-2-1-3-18-47)87-62-24-10-11-25-63(62)88-80/h1-43,45H. The highest BCUT2D eigenvalue weighted by Gasteiger charge is 2.29. The molecule has 0 bridgehead atoms. The van der Waals surface area contributed by atoms with Gasteiger partial charge in [0.05, 0.1) is 83.0 Å². The third-order valence-corrected chi connectivity index (χ3v) is 20.3. The van der Waals surface area contributed by atoms with Crippen LogP contribution in [-0.2, 0) is 0 Å². The van der Waals surface area contributed by atoms with Crippen LogP contribution in [0.4, 0.5) is 0 Å². The number of hydrogen-bond donors (Lipinski definition) is 0. The zero-order valence-corrected chi connectivity index (χ0v) is 49.9. The molecule has 0 amide bonds. The minimum atomic E-state index is 0.255. The first-order valence-corrected chi connectivity index (χ1v) is 31.7. The zero-order chi connectivity index (χ0) is 61.2. The second kappa shape index (κ2) is 18.1. The summed E-state index contributed by atoms with van der Waals surface area (Å²) in [4.78, 5) is 26.1. The summed E-state index contributed by atoms with van der Waals surface area (Å²) in [5.74, 6) is 0.394. The Hall–Kier alpha value is -13.1. The van der Waals surface area contributed by atoms with E-state index in [1.165, 1.54) is 70.5 Å². The number of fused-ring (bicyclic) bond motifs is 26. The monoisotopic (exact) mass is 1190 g/mol. The summed E-state index contributed by atoms with van der Waals surface area (Å²) in [7, 11) is 0. The number of hydrogen-bond acceptors (Lipinski definition) is 6. The van der Waals surface area contributed by atoms with E-state index in [9.17, 15) is 5.26 Å². The second-order valence-corrected chi connectivity index (χ2v) is 25.0. The molecule has 22 rings (SSSR count). The third-order valence-electron chi connectivity index (χ3n) is 20.3. The van der Waals surface area contributed by atoms with E-state index in [0.717, 1.165) is 121 Å². The maximum Gasteiger partial charge on any atom is 0.238 e. The normalized spacial score (nSPS) is 12.5. The first-order chi connectivity index (χ1) is 46.6. The van der Waals surface area contributed by atoms with Crippen molar-refractivity contribution in [3.63, 3.8) is 0 Å². The lowest BCUT2D eigenvalue weighted by atomic mass is 9.96. The molecule has 10 heteroatoms. The Morgan fingerprint density at radius 1 is 0.298 bits per heavy atom. The molecule has 0 fully saturated rings. The molecular weight excluding hydrogens is 1150 g/mol. The van der Waals surface area contributed by atoms with Crippen molar-refractivity contribution in [1.29, 1.82) is 5.26 Å². The summed E-state index contributed by atoms with van der Waals surface area (Å²) in [5.41, 5.74) is 20.2. The topological polar surface area (TPSA) is 107 Å². The van der Waals surface area contributed by atoms with Gasteiger partial charge in [0, 0.05) is 93.2 Å². The van der Waals surface area contributed by atoms with E-state index in [0.29, 0.717) is 17.0 Å². The number of benzene rings is 13. The van der Waals surface area contributed by atoms with Gasteiger partial charge in [-0.15, -0.1) is 0 Å². The molecule has 10 nitrogen and oxygen atoms in total. The number of rotatable bonds is 5. The van der Waals surface area contributed by atoms with Crippen LogP contribution in [0.15, 0.2) is 267 Å². The molecular formula is C84H44N10. The van der Waals surface area contributed by atoms with Gasteiger partial charge in [0.1, 0.15) is 6.07 Å². The number of nitrogens with zero attached hydrogens (tertiary/aromatic N) is 10. The molecule has 0 aliphatic heterocycles. The highest BCUT2D eigenvalue weighted by molar-refractivity contribution is 6.40. The molecule has 22 aromatic rings. The molecule has 0 saturated heterocycles. The third kappa shape index (κ3) is 6.43. The van der Waals surface area contributed by atoms with Crippen LogP contribution in [-0.4, -0.2) is 42.9 Å². The van der Waals surface area contributed by atoms with Crippen molar-refractivity contribution in [2.75, 3.05) is 0 Å². The fourth-order valence-corrected chi connectivity index (χ4v) is 16.4. The van der Waals surface area contributed by atoms with Gasteiger partial charge >= 0.3 is 0 Å². The average Bonchev–Trinajstić information content (AvgIpc) is 1.52. The van der Waals surface area contributed by atoms with Crippen molar-refractivity contribution in [2.24, 2.45) is 0 Å². The van der Waals surface area contributed by atoms with Gasteiger partial charge in [-0.2, -0.15) is 10.2 Å². The Bertz CT molecular complexity index is 7170. The summed E-state index contributed by atoms with van der Waals surface area (Å²) in [6.45, 7) is 0. The SMILES string of the molecule is N#Cc1nc(-n2c3ccc4ccccc4c3c3c4c5ccccc5n5c6ccccc6c(cc32)c45)nc2ncc(-c3ccc4c(ccc5c4c4c6c7ccccc7n7c8ccccc8c(cc4n5-c4ccc(-c5nc8ccccc8nc5-c5ccccc5)cc4)c67)c3)cc12. The molecule has 9 heterocycles. The number of nitriles is 1. The number of para-hydroxylation sites is 6. The molecule has 0 N–H and O–H groups in total. The summed E-state index contributed by atoms with van der Waals surface area (Å²) >= 11 is 0. The van der Waals surface area contributed by atoms with Crippen LogP contribution in [0, 0.1) is 11.3 Å². The van der Waals surface area contributed by atoms with E-state index in [-0.39, 0.29) is 5.69 Å². The van der Waals surface area contributed by atoms with E-state index in [1.807, 2.05) is 42.6 Å². The van der Waals surface area contributed by atoms with Crippen molar-refractivity contribution < 1.29 is 0 Å². The summed E-state index contributed by atoms with van der Waals surface area (Å²) in [5, 5.41) is 30.5. The predicted octanol–water partition coefficient (Wildman–Crippen LogP) is 20.6. The quantitative estimate of drug-likeness (QED) is 0.170. The first-order valence-electron chi connectivity index (χ1n) is 31.7. The van der Waals surface area contributed by atoms with Crippen molar-refractivity contribution in [3.05, 3.63) is 273 Å². The predicted molar refractivity (Wildman–Crippen MR) is 384 cm³/mol. The Morgan fingerprint density at radius 2 is 0.798 bits per heavy atom. The molecule has 0 spiro atoms. The first kappa shape index (κ1) is 49.7. The zero-order valence-electron chi connectivity index (χ0n) is 49.9. The van der Waals surface area contributed by atoms with Gasteiger partial charge < -0.3 is 13.4 Å². The van der Waals surface area contributed by atoms with Gasteiger partial charge in [-0.1, -0.05) is 176 Å². The molecule has 94 heavy (non-hydrogen) atoms. The molecule has 0 aliphatic rings. The number of pyridine rings is 1. The minimum absolute atomic E-state index is 0.255. The number of aromatic nitrogens is 9. The molecule has 13 aromatic carbocycles. The van der Waals surface area contributed by atoms with Crippen LogP contribution in [0.1, 0.15) is 5.69 Å². The Morgan fingerprint density at radius 3 is 1.43 bits per heavy atom. The Labute approximate surface area is 532 Å². The maximum absolute atomic E-state index is 11.2. The van der Waals surface area contributed by atoms with E-state index in [1.54, 1.807) is 0 Å². The highest BCUT2D eigenvalue weighted by Crippen LogP contribution is 2.51. The van der Waals surface area contributed by atoms with Crippen LogP contribution in [0.5, 0.6) is 0 Å². The lowest BCUT2D eigenvalue weighted by Crippen LogP contribution is -2.04. The van der Waals surface area contributed by atoms with E-state index in [2.05, 4.69) is 248 Å². The molecule has 0 aliphatic carbocycles. The van der Waals surface area contributed by atoms with Gasteiger partial charge in [0.25, 0.3) is 0 Å². The highest BCUT2D eigenvalue weighted by atomic mass is 15.2. The molecule has 0 unspecified atom stereocenters. The van der Waals surface area contributed by atoms with Gasteiger partial charge in [0.2, 0.25) is 5.95 Å². The largest absolute Gasteiger partial charge is 0.309 e. The Balaban J connectivity index is 0.737. The maximum atomic E-state index is 11.2. The summed E-state index contributed by atoms with van der Waals surface area (Å²) in [6.07, 6.45) is 1.89. The smallest absolute Gasteiger partial charge is 0.238 e. The average molecular weight is 1190 g/mol. The van der Waals surface area contributed by atoms with Crippen molar-refractivity contribution >= 4 is 163 Å². The fraction of sp³-hybridized carbons (Fsp3) is 0. The summed E-state index contributed by atoms with van der Waals surface area (Å²) < 4.78 is 9.51. The lowest BCUT2D eigenvalue weighted by Gasteiger charge is -2.13. The molecule has 430 valence electrons. The van der Waals surface area contributed by atoms with Crippen LogP contribution < -0.4 is 0 Å². The Kier molecular flexibility index (Phi) is 9.56. The van der Waals surface area contributed by atoms with Gasteiger partial charge in [-0.25, -0.2) is 19.9 Å². The van der Waals surface area contributed by atoms with Gasteiger partial charge in [0.15, 0.2) is 11.3 Å². The lowest BCUT2D eigenvalue weighted by molar-refractivity contribution is 0.994. The second-order valence-electron chi connectivity index (χ2n) is 25.0. The van der Waals surface area contributed by atoms with Crippen molar-refractivity contribution in [3.8, 4) is 51.3 Å². The molecule has 0 radical (unpaired) electrons. The van der Waals surface area contributed by atoms with Gasteiger partial charge in [-0.3, -0.25) is 4.57 Å². The van der Waals surface area contributed by atoms with E-state index in [4.69, 9.17) is 24.9 Å². The van der Waals surface area contributed by atoms with E-state index < -0.39 is 0 Å². The van der Waals surface area contributed by atoms with Gasteiger partial charge in [-0.05, 0) is 112 Å². The fourth-order valence-electron chi connectivity index (χ4n) is 16.4. The van der Waals surface area contributed by atoms with Crippen LogP contribution in [0.2, 0.25) is 0 Å². The molecule has 0 saturated carbocycles. The molecule has 9 aromatic heterocycles. The van der Waals surface area contributed by atoms with Crippen molar-refractivity contribution in [2.45, 2.75) is 0 Å². The minimum Gasteiger partial charge on any atom is -0.309 e. The summed E-state index contributed by atoms with van der Waals surface area (Å²) in [6, 6.07) is 95.9. The van der Waals surface area contributed by atoms with E-state index >= 15 is 0 Å². The van der Waals surface area contributed by atoms with Crippen LogP contribution in [0.3, 0.4) is 0 Å².